The fraction of sp³-hybridized carbons (Fsp3) is 0.812. The van der Waals surface area contributed by atoms with Crippen molar-refractivity contribution >= 4 is 17.8 Å². The standard InChI is InChI=1S/C16H28N2O4/c17-13-9-7-5-3-1-2-4-6-8-10-16(21)22-18-14(19)11-12-15(18)20/h1-13,17H2. The Bertz CT molecular complexity index is 355. The van der Waals surface area contributed by atoms with E-state index in [0.717, 1.165) is 32.2 Å². The molecular weight excluding hydrogens is 284 g/mol. The highest BCUT2D eigenvalue weighted by Gasteiger charge is 2.32. The smallest absolute Gasteiger partial charge is 0.330 e. The summed E-state index contributed by atoms with van der Waals surface area (Å²) in [5.41, 5.74) is 5.44. The molecule has 1 heterocycles. The molecule has 0 saturated carbocycles. The molecule has 1 fully saturated rings. The van der Waals surface area contributed by atoms with Crippen molar-refractivity contribution in [1.29, 1.82) is 0 Å². The van der Waals surface area contributed by atoms with E-state index in [2.05, 4.69) is 0 Å². The van der Waals surface area contributed by atoms with Crippen LogP contribution in [0.2, 0.25) is 0 Å². The Morgan fingerprint density at radius 3 is 1.82 bits per heavy atom. The summed E-state index contributed by atoms with van der Waals surface area (Å²) < 4.78 is 0. The van der Waals surface area contributed by atoms with Gasteiger partial charge in [0.2, 0.25) is 0 Å². The molecule has 6 nitrogen and oxygen atoms in total. The van der Waals surface area contributed by atoms with Gasteiger partial charge in [0.25, 0.3) is 11.8 Å². The average molecular weight is 312 g/mol. The van der Waals surface area contributed by atoms with Crippen LogP contribution in [0.15, 0.2) is 0 Å². The summed E-state index contributed by atoms with van der Waals surface area (Å²) in [6.07, 6.45) is 10.6. The summed E-state index contributed by atoms with van der Waals surface area (Å²) in [6.45, 7) is 0.782. The fourth-order valence-corrected chi connectivity index (χ4v) is 2.46. The van der Waals surface area contributed by atoms with Crippen LogP contribution < -0.4 is 5.73 Å². The van der Waals surface area contributed by atoms with E-state index in [1.165, 1.54) is 32.1 Å². The maximum atomic E-state index is 11.5. The number of amides is 2. The van der Waals surface area contributed by atoms with E-state index in [-0.39, 0.29) is 19.3 Å². The minimum absolute atomic E-state index is 0.136. The minimum Gasteiger partial charge on any atom is -0.330 e. The van der Waals surface area contributed by atoms with Crippen molar-refractivity contribution in [2.75, 3.05) is 6.54 Å². The first-order valence-electron chi connectivity index (χ1n) is 8.42. The van der Waals surface area contributed by atoms with Gasteiger partial charge in [-0.25, -0.2) is 4.79 Å². The number of nitrogens with zero attached hydrogens (tertiary/aromatic N) is 1. The molecule has 0 aromatic rings. The topological polar surface area (TPSA) is 89.7 Å². The molecule has 2 amide bonds. The normalized spacial score (nSPS) is 14.7. The third-order valence-corrected chi connectivity index (χ3v) is 3.78. The summed E-state index contributed by atoms with van der Waals surface area (Å²) in [5, 5.41) is 0.615. The Kier molecular flexibility index (Phi) is 9.46. The van der Waals surface area contributed by atoms with Gasteiger partial charge in [0.05, 0.1) is 0 Å². The van der Waals surface area contributed by atoms with Gasteiger partial charge < -0.3 is 10.6 Å². The number of rotatable bonds is 12. The van der Waals surface area contributed by atoms with Crippen LogP contribution in [0.5, 0.6) is 0 Å². The van der Waals surface area contributed by atoms with E-state index in [0.29, 0.717) is 5.06 Å². The lowest BCUT2D eigenvalue weighted by molar-refractivity contribution is -0.197. The Morgan fingerprint density at radius 1 is 0.864 bits per heavy atom. The van der Waals surface area contributed by atoms with Crippen molar-refractivity contribution in [3.63, 3.8) is 0 Å². The molecule has 1 saturated heterocycles. The van der Waals surface area contributed by atoms with Crippen molar-refractivity contribution in [1.82, 2.24) is 5.06 Å². The summed E-state index contributed by atoms with van der Waals surface area (Å²) in [5.74, 6) is -1.34. The molecule has 1 aliphatic heterocycles. The summed E-state index contributed by atoms with van der Waals surface area (Å²) >= 11 is 0. The van der Waals surface area contributed by atoms with Crippen molar-refractivity contribution in [2.24, 2.45) is 5.73 Å². The summed E-state index contributed by atoms with van der Waals surface area (Å²) in [7, 11) is 0. The van der Waals surface area contributed by atoms with E-state index in [1.807, 2.05) is 0 Å². The van der Waals surface area contributed by atoms with Crippen molar-refractivity contribution in [3.8, 4) is 0 Å². The molecule has 0 aliphatic carbocycles. The van der Waals surface area contributed by atoms with Crippen LogP contribution in [0.25, 0.3) is 0 Å². The monoisotopic (exact) mass is 312 g/mol. The Morgan fingerprint density at radius 2 is 1.32 bits per heavy atom. The van der Waals surface area contributed by atoms with Gasteiger partial charge in [-0.3, -0.25) is 9.59 Å². The largest absolute Gasteiger partial charge is 0.333 e. The maximum Gasteiger partial charge on any atom is 0.333 e. The number of carbonyl (C=O) groups excluding carboxylic acids is 3. The van der Waals surface area contributed by atoms with Gasteiger partial charge in [-0.15, -0.1) is 5.06 Å². The molecule has 0 aromatic carbocycles. The Balaban J connectivity index is 1.93. The predicted octanol–water partition coefficient (Wildman–Crippen LogP) is 2.45. The molecule has 22 heavy (non-hydrogen) atoms. The number of hydroxylamine groups is 2. The lowest BCUT2D eigenvalue weighted by Crippen LogP contribution is -2.31. The van der Waals surface area contributed by atoms with Crippen LogP contribution in [-0.2, 0) is 19.2 Å². The summed E-state index contributed by atoms with van der Waals surface area (Å²) in [6, 6.07) is 0. The number of hydrogen-bond acceptors (Lipinski definition) is 5. The van der Waals surface area contributed by atoms with Crippen LogP contribution in [0, 0.1) is 0 Å². The highest BCUT2D eigenvalue weighted by molar-refractivity contribution is 6.01. The van der Waals surface area contributed by atoms with Crippen LogP contribution in [0.4, 0.5) is 0 Å². The minimum atomic E-state index is -0.495. The molecule has 1 aliphatic rings. The van der Waals surface area contributed by atoms with Gasteiger partial charge in [-0.2, -0.15) is 0 Å². The van der Waals surface area contributed by atoms with Crippen LogP contribution >= 0.6 is 0 Å². The molecule has 0 radical (unpaired) electrons. The van der Waals surface area contributed by atoms with Gasteiger partial charge in [-0.1, -0.05) is 44.9 Å². The van der Waals surface area contributed by atoms with Crippen LogP contribution in [-0.4, -0.2) is 29.4 Å². The van der Waals surface area contributed by atoms with Crippen LogP contribution in [0.1, 0.15) is 77.0 Å². The van der Waals surface area contributed by atoms with Crippen molar-refractivity contribution in [3.05, 3.63) is 0 Å². The molecule has 0 atom stereocenters. The predicted molar refractivity (Wildman–Crippen MR) is 82.4 cm³/mol. The number of unbranched alkanes of at least 4 members (excludes halogenated alkanes) is 8. The highest BCUT2D eigenvalue weighted by atomic mass is 16.7. The first-order valence-corrected chi connectivity index (χ1v) is 8.42. The summed E-state index contributed by atoms with van der Waals surface area (Å²) in [4.78, 5) is 38.9. The highest BCUT2D eigenvalue weighted by Crippen LogP contribution is 2.14. The number of carbonyl (C=O) groups is 3. The van der Waals surface area contributed by atoms with E-state index in [1.54, 1.807) is 0 Å². The van der Waals surface area contributed by atoms with Gasteiger partial charge in [-0.05, 0) is 19.4 Å². The average Bonchev–Trinajstić information content (AvgIpc) is 2.81. The molecule has 0 aromatic heterocycles. The van der Waals surface area contributed by atoms with E-state index >= 15 is 0 Å². The molecule has 2 N–H and O–H groups in total. The van der Waals surface area contributed by atoms with Gasteiger partial charge in [0.15, 0.2) is 0 Å². The zero-order valence-electron chi connectivity index (χ0n) is 13.3. The number of imide groups is 1. The molecule has 0 bridgehead atoms. The second-order valence-corrected chi connectivity index (χ2v) is 5.77. The fourth-order valence-electron chi connectivity index (χ4n) is 2.46. The van der Waals surface area contributed by atoms with Crippen LogP contribution in [0.3, 0.4) is 0 Å². The van der Waals surface area contributed by atoms with Gasteiger partial charge in [0, 0.05) is 19.3 Å². The Labute approximate surface area is 132 Å². The number of hydrogen-bond donors (Lipinski definition) is 1. The molecule has 0 unspecified atom stereocenters. The van der Waals surface area contributed by atoms with Crippen molar-refractivity contribution < 1.29 is 19.2 Å². The van der Waals surface area contributed by atoms with E-state index in [9.17, 15) is 14.4 Å². The van der Waals surface area contributed by atoms with E-state index in [4.69, 9.17) is 10.6 Å². The lowest BCUT2D eigenvalue weighted by atomic mass is 10.1. The van der Waals surface area contributed by atoms with Gasteiger partial charge >= 0.3 is 5.97 Å². The number of nitrogens with two attached hydrogens (primary N) is 1. The zero-order chi connectivity index (χ0) is 16.2. The van der Waals surface area contributed by atoms with Crippen molar-refractivity contribution in [2.45, 2.75) is 77.0 Å². The molecule has 1 rings (SSSR count). The SMILES string of the molecule is NCCCCCCCCCCCC(=O)ON1C(=O)CCC1=O. The zero-order valence-corrected chi connectivity index (χ0v) is 13.3. The Hall–Kier alpha value is -1.43. The third kappa shape index (κ3) is 7.54. The molecule has 6 heteroatoms. The van der Waals surface area contributed by atoms with E-state index < -0.39 is 17.8 Å². The molecular formula is C16H28N2O4. The lowest BCUT2D eigenvalue weighted by Gasteiger charge is -2.12. The second-order valence-electron chi connectivity index (χ2n) is 5.77. The van der Waals surface area contributed by atoms with Gasteiger partial charge in [0.1, 0.15) is 0 Å². The molecule has 126 valence electrons. The first kappa shape index (κ1) is 18.6. The first-order chi connectivity index (χ1) is 10.6. The molecule has 0 spiro atoms. The third-order valence-electron chi connectivity index (χ3n) is 3.78. The second kappa shape index (κ2) is 11.2. The quantitative estimate of drug-likeness (QED) is 0.441. The maximum absolute atomic E-state index is 11.5.